The fourth-order valence-corrected chi connectivity index (χ4v) is 3.72. The van der Waals surface area contributed by atoms with Gasteiger partial charge in [0.1, 0.15) is 10.6 Å². The molecule has 0 aliphatic carbocycles. The number of aliphatic hydroxyl groups is 1. The molecule has 2 aromatic heterocycles. The van der Waals surface area contributed by atoms with Crippen LogP contribution in [0.25, 0.3) is 10.2 Å². The lowest BCUT2D eigenvalue weighted by Gasteiger charge is -2.30. The number of aromatic nitrogens is 2. The first-order valence-electron chi connectivity index (χ1n) is 7.10. The van der Waals surface area contributed by atoms with E-state index in [4.69, 9.17) is 9.84 Å². The third-order valence-corrected chi connectivity index (χ3v) is 4.78. The van der Waals surface area contributed by atoms with Gasteiger partial charge in [0.25, 0.3) is 5.95 Å². The maximum Gasteiger partial charge on any atom is 0.275 e. The van der Waals surface area contributed by atoms with Gasteiger partial charge in [0.2, 0.25) is 0 Å². The van der Waals surface area contributed by atoms with Crippen LogP contribution in [-0.2, 0) is 17.8 Å². The lowest BCUT2D eigenvalue weighted by molar-refractivity contribution is -0.0379. The lowest BCUT2D eigenvalue weighted by Crippen LogP contribution is -2.31. The van der Waals surface area contributed by atoms with Crippen molar-refractivity contribution >= 4 is 33.3 Å². The number of fused-ring (bicyclic) bond motifs is 3. The van der Waals surface area contributed by atoms with E-state index in [0.717, 1.165) is 22.5 Å². The smallest absolute Gasteiger partial charge is 0.275 e. The van der Waals surface area contributed by atoms with Gasteiger partial charge in [-0.05, 0) is 29.9 Å². The Hall–Kier alpha value is -1.84. The molecule has 22 heavy (non-hydrogen) atoms. The summed E-state index contributed by atoms with van der Waals surface area (Å²) in [5.41, 5.74) is 1.04. The molecule has 0 aromatic carbocycles. The summed E-state index contributed by atoms with van der Waals surface area (Å²) < 4.78 is 5.89. The van der Waals surface area contributed by atoms with Gasteiger partial charge in [-0.1, -0.05) is 5.12 Å². The van der Waals surface area contributed by atoms with Crippen LogP contribution in [0.15, 0.2) is 10.4 Å². The van der Waals surface area contributed by atoms with Crippen molar-refractivity contribution < 1.29 is 9.84 Å². The fraction of sp³-hybridized carbons (Fsp3) is 0.538. The Balaban J connectivity index is 1.86. The molecular weight excluding hydrogens is 304 g/mol. The second-order valence-corrected chi connectivity index (χ2v) is 6.98. The van der Waals surface area contributed by atoms with Gasteiger partial charge in [0.15, 0.2) is 0 Å². The average molecular weight is 320 g/mol. The van der Waals surface area contributed by atoms with Gasteiger partial charge < -0.3 is 15.2 Å². The number of nitrogens with zero attached hydrogens (tertiary/aromatic N) is 5. The number of hydrogen-bond donors (Lipinski definition) is 2. The van der Waals surface area contributed by atoms with Crippen molar-refractivity contribution in [2.75, 3.05) is 23.6 Å². The average Bonchev–Trinajstić information content (AvgIpc) is 3.26. The van der Waals surface area contributed by atoms with Crippen LogP contribution in [0.1, 0.15) is 24.3 Å². The summed E-state index contributed by atoms with van der Waals surface area (Å²) in [6, 6.07) is 0. The Kier molecular flexibility index (Phi) is 3.03. The molecule has 2 aliphatic heterocycles. The van der Waals surface area contributed by atoms with Gasteiger partial charge in [-0.25, -0.2) is 0 Å². The van der Waals surface area contributed by atoms with Crippen LogP contribution in [0.5, 0.6) is 0 Å². The number of thiophene rings is 1. The van der Waals surface area contributed by atoms with Crippen molar-refractivity contribution in [1.82, 2.24) is 9.97 Å². The molecule has 116 valence electrons. The van der Waals surface area contributed by atoms with E-state index in [-0.39, 0.29) is 12.2 Å². The molecular formula is C13H16N6O2S. The molecule has 4 rings (SSSR count). The number of aliphatic hydroxyl groups excluding tert-OH is 1. The van der Waals surface area contributed by atoms with E-state index in [9.17, 15) is 0 Å². The molecule has 2 N–H and O–H groups in total. The van der Waals surface area contributed by atoms with Crippen molar-refractivity contribution in [1.29, 1.82) is 0 Å². The molecule has 0 saturated heterocycles. The summed E-state index contributed by atoms with van der Waals surface area (Å²) in [4.78, 5) is 11.1. The molecule has 0 fully saturated rings. The third kappa shape index (κ3) is 2.31. The Labute approximate surface area is 130 Å². The number of rotatable bonds is 4. The first-order chi connectivity index (χ1) is 10.6. The highest BCUT2D eigenvalue weighted by molar-refractivity contribution is 7.19. The highest BCUT2D eigenvalue weighted by Crippen LogP contribution is 2.41. The quantitative estimate of drug-likeness (QED) is 0.895. The van der Waals surface area contributed by atoms with Crippen molar-refractivity contribution in [2.24, 2.45) is 10.4 Å². The minimum atomic E-state index is -0.196. The monoisotopic (exact) mass is 320 g/mol. The lowest BCUT2D eigenvalue weighted by atomic mass is 9.94. The van der Waals surface area contributed by atoms with Crippen LogP contribution in [-0.4, -0.2) is 33.8 Å². The second kappa shape index (κ2) is 4.83. The number of nitrogens with one attached hydrogen (secondary N) is 1. The van der Waals surface area contributed by atoms with Gasteiger partial charge in [0.05, 0.1) is 24.2 Å². The molecule has 4 heterocycles. The summed E-state index contributed by atoms with van der Waals surface area (Å²) in [7, 11) is 0. The minimum absolute atomic E-state index is 0.0419. The van der Waals surface area contributed by atoms with E-state index in [2.05, 4.69) is 39.6 Å². The van der Waals surface area contributed by atoms with E-state index in [1.165, 1.54) is 15.6 Å². The summed E-state index contributed by atoms with van der Waals surface area (Å²) in [6.07, 6.45) is 0.817. The highest BCUT2D eigenvalue weighted by atomic mass is 32.1. The van der Waals surface area contributed by atoms with E-state index >= 15 is 0 Å². The summed E-state index contributed by atoms with van der Waals surface area (Å²) in [5, 5.41) is 22.2. The first-order valence-corrected chi connectivity index (χ1v) is 7.92. The second-order valence-electron chi connectivity index (χ2n) is 5.90. The third-order valence-electron chi connectivity index (χ3n) is 3.68. The maximum atomic E-state index is 9.09. The molecule has 0 amide bonds. The highest BCUT2D eigenvalue weighted by Gasteiger charge is 2.32. The van der Waals surface area contributed by atoms with Crippen molar-refractivity contribution in [3.63, 3.8) is 0 Å². The van der Waals surface area contributed by atoms with Crippen LogP contribution in [0.4, 0.5) is 11.8 Å². The maximum absolute atomic E-state index is 9.09. The number of anilines is 2. The fourth-order valence-electron chi connectivity index (χ4n) is 2.63. The Morgan fingerprint density at radius 3 is 2.91 bits per heavy atom. The van der Waals surface area contributed by atoms with Gasteiger partial charge in [0, 0.05) is 17.8 Å². The molecule has 8 nitrogen and oxygen atoms in total. The first kappa shape index (κ1) is 13.8. The number of hydrogen-bond acceptors (Lipinski definition) is 9. The van der Waals surface area contributed by atoms with Gasteiger partial charge in [-0.2, -0.15) is 9.97 Å². The largest absolute Gasteiger partial charge is 0.395 e. The van der Waals surface area contributed by atoms with Crippen LogP contribution < -0.4 is 10.4 Å². The Morgan fingerprint density at radius 2 is 2.18 bits per heavy atom. The van der Waals surface area contributed by atoms with Crippen molar-refractivity contribution in [3.05, 3.63) is 10.4 Å². The van der Waals surface area contributed by atoms with Gasteiger partial charge in [-0.3, -0.25) is 0 Å². The minimum Gasteiger partial charge on any atom is -0.395 e. The van der Waals surface area contributed by atoms with E-state index in [1.54, 1.807) is 11.3 Å². The van der Waals surface area contributed by atoms with Crippen LogP contribution in [0, 0.1) is 0 Å². The van der Waals surface area contributed by atoms with Crippen LogP contribution >= 0.6 is 11.3 Å². The molecule has 2 aliphatic rings. The van der Waals surface area contributed by atoms with E-state index in [0.29, 0.717) is 19.1 Å². The molecule has 0 atom stereocenters. The molecule has 0 saturated carbocycles. The zero-order valence-corrected chi connectivity index (χ0v) is 13.1. The van der Waals surface area contributed by atoms with Crippen molar-refractivity contribution in [2.45, 2.75) is 32.5 Å². The van der Waals surface area contributed by atoms with E-state index < -0.39 is 0 Å². The standard InChI is InChI=1S/C13H16N6O2S/c1-13(2)5-7-8(6-21-13)22-11-9(7)10(14-3-4-20)15-12(16-11)19-17-18-19/h20H,3-6H2,1-2H3,(H,14,15,16). The zero-order chi connectivity index (χ0) is 15.3. The summed E-state index contributed by atoms with van der Waals surface area (Å²) in [6.45, 7) is 5.24. The Morgan fingerprint density at radius 1 is 1.36 bits per heavy atom. The molecule has 2 aromatic rings. The summed E-state index contributed by atoms with van der Waals surface area (Å²) in [5.74, 6) is 1.17. The predicted molar refractivity (Wildman–Crippen MR) is 82.9 cm³/mol. The van der Waals surface area contributed by atoms with Crippen LogP contribution in [0.3, 0.4) is 0 Å². The zero-order valence-electron chi connectivity index (χ0n) is 12.3. The Bertz CT molecular complexity index is 765. The molecule has 0 spiro atoms. The van der Waals surface area contributed by atoms with Gasteiger partial charge in [-0.15, -0.1) is 11.3 Å². The summed E-state index contributed by atoms with van der Waals surface area (Å²) >= 11 is 1.62. The normalized spacial score (nSPS) is 18.6. The molecule has 0 unspecified atom stereocenters. The molecule has 9 heteroatoms. The topological polar surface area (TPSA) is 95.0 Å². The van der Waals surface area contributed by atoms with Crippen LogP contribution in [0.2, 0.25) is 0 Å². The molecule has 0 bridgehead atoms. The number of ether oxygens (including phenoxy) is 1. The SMILES string of the molecule is CC1(C)Cc2c(sc3nc(N4N=N4)nc(NCCO)c23)CO1. The predicted octanol–water partition coefficient (Wildman–Crippen LogP) is 2.05. The van der Waals surface area contributed by atoms with Crippen molar-refractivity contribution in [3.8, 4) is 0 Å². The van der Waals surface area contributed by atoms with E-state index in [1.807, 2.05) is 0 Å². The molecule has 0 radical (unpaired) electrons. The van der Waals surface area contributed by atoms with Gasteiger partial charge >= 0.3 is 0 Å².